The highest BCUT2D eigenvalue weighted by atomic mass is 32.1. The maximum absolute atomic E-state index is 11.4. The third-order valence-corrected chi connectivity index (χ3v) is 3.89. The number of thiazole rings is 1. The summed E-state index contributed by atoms with van der Waals surface area (Å²) < 4.78 is 0. The minimum absolute atomic E-state index is 0.159. The van der Waals surface area contributed by atoms with E-state index < -0.39 is 0 Å². The predicted octanol–water partition coefficient (Wildman–Crippen LogP) is 1.52. The van der Waals surface area contributed by atoms with Crippen LogP contribution in [-0.2, 0) is 11.3 Å². The average molecular weight is 253 g/mol. The summed E-state index contributed by atoms with van der Waals surface area (Å²) in [6.07, 6.45) is 2.85. The van der Waals surface area contributed by atoms with Crippen LogP contribution in [0.25, 0.3) is 0 Å². The van der Waals surface area contributed by atoms with Crippen molar-refractivity contribution in [1.29, 1.82) is 0 Å². The van der Waals surface area contributed by atoms with Crippen molar-refractivity contribution in [1.82, 2.24) is 15.6 Å². The molecular formula is C12H19N3OS. The fraction of sp³-hybridized carbons (Fsp3) is 0.667. The molecule has 0 spiro atoms. The Hall–Kier alpha value is -0.940. The lowest BCUT2D eigenvalue weighted by molar-refractivity contribution is -0.121. The van der Waals surface area contributed by atoms with Crippen molar-refractivity contribution in [3.05, 3.63) is 15.6 Å². The van der Waals surface area contributed by atoms with Gasteiger partial charge in [0.05, 0.1) is 5.69 Å². The monoisotopic (exact) mass is 253 g/mol. The molecule has 0 radical (unpaired) electrons. The van der Waals surface area contributed by atoms with Gasteiger partial charge in [-0.1, -0.05) is 0 Å². The van der Waals surface area contributed by atoms with Gasteiger partial charge in [-0.2, -0.15) is 0 Å². The zero-order valence-electron chi connectivity index (χ0n) is 10.4. The number of nitrogens with one attached hydrogen (secondary N) is 2. The quantitative estimate of drug-likeness (QED) is 0.756. The number of aromatic nitrogens is 1. The highest BCUT2D eigenvalue weighted by Crippen LogP contribution is 2.18. The second-order valence-electron chi connectivity index (χ2n) is 4.52. The van der Waals surface area contributed by atoms with Gasteiger partial charge in [-0.3, -0.25) is 4.79 Å². The Morgan fingerprint density at radius 3 is 2.82 bits per heavy atom. The number of carbonyl (C=O) groups excluding carboxylic acids is 1. The van der Waals surface area contributed by atoms with Crippen LogP contribution in [0.4, 0.5) is 0 Å². The number of hydrogen-bond acceptors (Lipinski definition) is 4. The van der Waals surface area contributed by atoms with Crippen LogP contribution in [0, 0.1) is 13.8 Å². The van der Waals surface area contributed by atoms with Crippen molar-refractivity contribution in [2.75, 3.05) is 6.54 Å². The van der Waals surface area contributed by atoms with Crippen LogP contribution < -0.4 is 10.6 Å². The summed E-state index contributed by atoms with van der Waals surface area (Å²) in [6, 6.07) is 0.465. The molecule has 1 aromatic rings. The highest BCUT2D eigenvalue weighted by Gasteiger charge is 2.22. The molecule has 1 saturated carbocycles. The molecule has 0 unspecified atom stereocenters. The topological polar surface area (TPSA) is 54.0 Å². The lowest BCUT2D eigenvalue weighted by Gasteiger charge is -2.03. The maximum Gasteiger partial charge on any atom is 0.221 e. The summed E-state index contributed by atoms with van der Waals surface area (Å²) in [6.45, 7) is 5.59. The second kappa shape index (κ2) is 5.60. The first-order valence-electron chi connectivity index (χ1n) is 6.08. The summed E-state index contributed by atoms with van der Waals surface area (Å²) in [5, 5.41) is 7.33. The third kappa shape index (κ3) is 4.09. The highest BCUT2D eigenvalue weighted by molar-refractivity contribution is 7.11. The van der Waals surface area contributed by atoms with E-state index in [1.54, 1.807) is 11.3 Å². The fourth-order valence-electron chi connectivity index (χ4n) is 1.54. The molecule has 1 aliphatic carbocycles. The van der Waals surface area contributed by atoms with Crippen LogP contribution in [0.5, 0.6) is 0 Å². The molecule has 0 saturated heterocycles. The molecule has 5 heteroatoms. The Balaban J connectivity index is 1.60. The molecular weight excluding hydrogens is 234 g/mol. The Kier molecular flexibility index (Phi) is 4.12. The minimum Gasteiger partial charge on any atom is -0.353 e. The van der Waals surface area contributed by atoms with Crippen LogP contribution in [0.3, 0.4) is 0 Å². The number of rotatable bonds is 6. The van der Waals surface area contributed by atoms with Crippen molar-refractivity contribution in [2.24, 2.45) is 0 Å². The van der Waals surface area contributed by atoms with Gasteiger partial charge in [-0.25, -0.2) is 4.98 Å². The zero-order chi connectivity index (χ0) is 12.3. The molecule has 94 valence electrons. The smallest absolute Gasteiger partial charge is 0.221 e. The zero-order valence-corrected chi connectivity index (χ0v) is 11.2. The van der Waals surface area contributed by atoms with Gasteiger partial charge in [-0.05, 0) is 26.7 Å². The van der Waals surface area contributed by atoms with E-state index in [1.807, 2.05) is 6.92 Å². The molecule has 0 atom stereocenters. The van der Waals surface area contributed by atoms with E-state index >= 15 is 0 Å². The molecule has 1 amide bonds. The van der Waals surface area contributed by atoms with Crippen LogP contribution in [0.1, 0.15) is 34.8 Å². The molecule has 1 aromatic heterocycles. The molecule has 2 N–H and O–H groups in total. The Morgan fingerprint density at radius 1 is 1.47 bits per heavy atom. The van der Waals surface area contributed by atoms with E-state index in [4.69, 9.17) is 0 Å². The summed E-state index contributed by atoms with van der Waals surface area (Å²) in [5.41, 5.74) is 1.11. The van der Waals surface area contributed by atoms with Crippen molar-refractivity contribution < 1.29 is 4.79 Å². The predicted molar refractivity (Wildman–Crippen MR) is 69.1 cm³/mol. The molecule has 2 rings (SSSR count). The van der Waals surface area contributed by atoms with E-state index in [0.29, 0.717) is 12.5 Å². The van der Waals surface area contributed by atoms with Gasteiger partial charge < -0.3 is 10.6 Å². The van der Waals surface area contributed by atoms with Gasteiger partial charge in [0.25, 0.3) is 0 Å². The van der Waals surface area contributed by atoms with E-state index in [2.05, 4.69) is 22.5 Å². The van der Waals surface area contributed by atoms with Crippen LogP contribution >= 0.6 is 11.3 Å². The van der Waals surface area contributed by atoms with Crippen LogP contribution in [0.15, 0.2) is 0 Å². The minimum atomic E-state index is 0.159. The molecule has 1 aliphatic rings. The van der Waals surface area contributed by atoms with Gasteiger partial charge >= 0.3 is 0 Å². The number of aryl methyl sites for hydroxylation is 2. The molecule has 0 bridgehead atoms. The largest absolute Gasteiger partial charge is 0.353 e. The van der Waals surface area contributed by atoms with Crippen LogP contribution in [-0.4, -0.2) is 23.5 Å². The molecule has 0 aromatic carbocycles. The average Bonchev–Trinajstić information content (AvgIpc) is 3.02. The third-order valence-electron chi connectivity index (χ3n) is 2.82. The number of hydrogen-bond donors (Lipinski definition) is 2. The summed E-state index contributed by atoms with van der Waals surface area (Å²) in [5.74, 6) is 0.159. The van der Waals surface area contributed by atoms with E-state index in [1.165, 1.54) is 4.88 Å². The van der Waals surface area contributed by atoms with Gasteiger partial charge in [0.2, 0.25) is 5.91 Å². The fourth-order valence-corrected chi connectivity index (χ4v) is 2.44. The molecule has 1 fully saturated rings. The van der Waals surface area contributed by atoms with Crippen molar-refractivity contribution in [3.8, 4) is 0 Å². The first-order chi connectivity index (χ1) is 8.15. The van der Waals surface area contributed by atoms with E-state index in [-0.39, 0.29) is 5.91 Å². The Labute approximate surface area is 106 Å². The number of amides is 1. The standard InChI is InChI=1S/C12H19N3OS/c1-8-9(2)17-12(14-8)7-13-6-5-11(16)15-10-3-4-10/h10,13H,3-7H2,1-2H3,(H,15,16). The van der Waals surface area contributed by atoms with E-state index in [9.17, 15) is 4.79 Å². The SMILES string of the molecule is Cc1nc(CNCCC(=O)NC2CC2)sc1C. The van der Waals surface area contributed by atoms with Crippen molar-refractivity contribution in [2.45, 2.75) is 45.7 Å². The normalized spacial score (nSPS) is 14.9. The first kappa shape index (κ1) is 12.5. The lowest BCUT2D eigenvalue weighted by atomic mass is 10.4. The summed E-state index contributed by atoms with van der Waals surface area (Å²) in [7, 11) is 0. The summed E-state index contributed by atoms with van der Waals surface area (Å²) in [4.78, 5) is 17.1. The first-order valence-corrected chi connectivity index (χ1v) is 6.90. The van der Waals surface area contributed by atoms with Gasteiger partial charge in [-0.15, -0.1) is 11.3 Å². The Bertz CT molecular complexity index is 379. The Morgan fingerprint density at radius 2 is 2.24 bits per heavy atom. The molecule has 17 heavy (non-hydrogen) atoms. The van der Waals surface area contributed by atoms with Crippen molar-refractivity contribution >= 4 is 17.2 Å². The molecule has 4 nitrogen and oxygen atoms in total. The van der Waals surface area contributed by atoms with Crippen LogP contribution in [0.2, 0.25) is 0 Å². The number of nitrogens with zero attached hydrogens (tertiary/aromatic N) is 1. The van der Waals surface area contributed by atoms with Gasteiger partial charge in [0, 0.05) is 30.4 Å². The summed E-state index contributed by atoms with van der Waals surface area (Å²) >= 11 is 1.72. The van der Waals surface area contributed by atoms with Gasteiger partial charge in [0.15, 0.2) is 0 Å². The van der Waals surface area contributed by atoms with E-state index in [0.717, 1.165) is 36.6 Å². The van der Waals surface area contributed by atoms with Gasteiger partial charge in [0.1, 0.15) is 5.01 Å². The molecule has 1 heterocycles. The molecule has 0 aliphatic heterocycles. The maximum atomic E-state index is 11.4. The van der Waals surface area contributed by atoms with Crippen molar-refractivity contribution in [3.63, 3.8) is 0 Å². The lowest BCUT2D eigenvalue weighted by Crippen LogP contribution is -2.28. The number of carbonyl (C=O) groups is 1. The second-order valence-corrected chi connectivity index (χ2v) is 5.81.